The van der Waals surface area contributed by atoms with E-state index in [0.29, 0.717) is 12.1 Å². The first-order chi connectivity index (χ1) is 16.1. The summed E-state index contributed by atoms with van der Waals surface area (Å²) in [5.41, 5.74) is 8.91. The molecule has 7 nitrogen and oxygen atoms in total. The summed E-state index contributed by atoms with van der Waals surface area (Å²) in [6.07, 6.45) is 1.57. The number of esters is 1. The maximum Gasteiger partial charge on any atom is 0.306 e. The first kappa shape index (κ1) is 27.8. The van der Waals surface area contributed by atoms with E-state index in [4.69, 9.17) is 10.5 Å². The number of benzene rings is 2. The molecule has 0 aromatic heterocycles. The first-order valence-corrected chi connectivity index (χ1v) is 13.1. The van der Waals surface area contributed by atoms with Gasteiger partial charge in [0, 0.05) is 38.2 Å². The molecule has 0 unspecified atom stereocenters. The van der Waals surface area contributed by atoms with Gasteiger partial charge in [-0.25, -0.2) is 21.9 Å². The van der Waals surface area contributed by atoms with E-state index in [1.807, 2.05) is 18.2 Å². The van der Waals surface area contributed by atoms with Gasteiger partial charge in [-0.05, 0) is 48.1 Å². The number of carbonyl (C=O) groups is 1. The summed E-state index contributed by atoms with van der Waals surface area (Å²) in [6.45, 7) is 2.95. The minimum absolute atomic E-state index is 0.00111. The van der Waals surface area contributed by atoms with Crippen molar-refractivity contribution in [1.82, 2.24) is 10.0 Å². The molecule has 0 aliphatic rings. The molecule has 0 amide bonds. The second-order valence-electron chi connectivity index (χ2n) is 8.25. The summed E-state index contributed by atoms with van der Waals surface area (Å²) >= 11 is 0. The van der Waals surface area contributed by atoms with E-state index < -0.39 is 39.8 Å². The van der Waals surface area contributed by atoms with E-state index in [2.05, 4.69) is 23.0 Å². The van der Waals surface area contributed by atoms with Crippen molar-refractivity contribution < 1.29 is 26.7 Å². The minimum atomic E-state index is -3.34. The van der Waals surface area contributed by atoms with Crippen LogP contribution in [0.4, 0.5) is 8.78 Å². The van der Waals surface area contributed by atoms with Crippen LogP contribution in [0.3, 0.4) is 0 Å². The van der Waals surface area contributed by atoms with Gasteiger partial charge < -0.3 is 15.8 Å². The molecule has 0 heterocycles. The van der Waals surface area contributed by atoms with E-state index in [-0.39, 0.29) is 32.4 Å². The lowest BCUT2D eigenvalue weighted by Crippen LogP contribution is -2.46. The van der Waals surface area contributed by atoms with Crippen LogP contribution < -0.4 is 15.8 Å². The molecule has 34 heavy (non-hydrogen) atoms. The molecule has 2 aromatic rings. The summed E-state index contributed by atoms with van der Waals surface area (Å²) in [4.78, 5) is 12.4. The lowest BCUT2D eigenvalue weighted by molar-refractivity contribution is -0.150. The third kappa shape index (κ3) is 10.7. The molecule has 10 heteroatoms. The molecule has 2 aromatic carbocycles. The Kier molecular flexibility index (Phi) is 11.0. The van der Waals surface area contributed by atoms with Gasteiger partial charge in [-0.1, -0.05) is 31.2 Å². The highest BCUT2D eigenvalue weighted by atomic mass is 32.2. The number of halogens is 2. The quantitative estimate of drug-likeness (QED) is 0.273. The van der Waals surface area contributed by atoms with Gasteiger partial charge >= 0.3 is 5.97 Å². The standard InChI is InChI=1S/C24H33F2N3O4S/c1-3-17-6-4-7-18(10-17)15-28-16-23(33-24(30)8-5-9-29-34(2,31)32)22(27)13-19-11-20(25)14-21(26)12-19/h4,6-7,10-12,14,22-23,28-29H,3,5,8-9,13,15-16,27H2,1-2H3/t22-,23+/m0/s1. The highest BCUT2D eigenvalue weighted by molar-refractivity contribution is 7.88. The molecule has 0 aliphatic carbocycles. The number of aryl methyl sites for hydroxylation is 1. The summed E-state index contributed by atoms with van der Waals surface area (Å²) in [6, 6.07) is 10.5. The van der Waals surface area contributed by atoms with Gasteiger partial charge in [0.2, 0.25) is 10.0 Å². The zero-order chi connectivity index (χ0) is 25.1. The molecule has 0 spiro atoms. The van der Waals surface area contributed by atoms with Crippen molar-refractivity contribution in [3.8, 4) is 0 Å². The first-order valence-electron chi connectivity index (χ1n) is 11.2. The van der Waals surface area contributed by atoms with Crippen LogP contribution >= 0.6 is 0 Å². The van der Waals surface area contributed by atoms with Crippen molar-refractivity contribution in [3.63, 3.8) is 0 Å². The Labute approximate surface area is 200 Å². The monoisotopic (exact) mass is 497 g/mol. The fourth-order valence-corrected chi connectivity index (χ4v) is 3.96. The molecule has 0 saturated heterocycles. The van der Waals surface area contributed by atoms with E-state index in [1.165, 1.54) is 17.7 Å². The van der Waals surface area contributed by atoms with Crippen LogP contribution in [-0.4, -0.2) is 45.9 Å². The zero-order valence-electron chi connectivity index (χ0n) is 19.5. The number of hydrogen-bond donors (Lipinski definition) is 3. The SMILES string of the molecule is CCc1cccc(CNC[C@@H](OC(=O)CCCNS(C)(=O)=O)[C@@H](N)Cc2cc(F)cc(F)c2)c1. The van der Waals surface area contributed by atoms with E-state index in [1.54, 1.807) is 0 Å². The van der Waals surface area contributed by atoms with Gasteiger partial charge in [0.25, 0.3) is 0 Å². The predicted octanol–water partition coefficient (Wildman–Crippen LogP) is 2.43. The highest BCUT2D eigenvalue weighted by Gasteiger charge is 2.23. The summed E-state index contributed by atoms with van der Waals surface area (Å²) in [5, 5.41) is 3.24. The number of nitrogens with one attached hydrogen (secondary N) is 2. The molecule has 0 bridgehead atoms. The van der Waals surface area contributed by atoms with Gasteiger partial charge in [-0.3, -0.25) is 4.79 Å². The average molecular weight is 498 g/mol. The van der Waals surface area contributed by atoms with Crippen molar-refractivity contribution in [3.05, 3.63) is 70.8 Å². The Morgan fingerprint density at radius 3 is 2.41 bits per heavy atom. The van der Waals surface area contributed by atoms with Gasteiger partial charge in [0.15, 0.2) is 0 Å². The Balaban J connectivity index is 1.99. The summed E-state index contributed by atoms with van der Waals surface area (Å²) < 4.78 is 57.3. The maximum atomic E-state index is 13.6. The van der Waals surface area contributed by atoms with E-state index in [0.717, 1.165) is 24.3 Å². The minimum Gasteiger partial charge on any atom is -0.459 e. The number of sulfonamides is 1. The fourth-order valence-electron chi connectivity index (χ4n) is 3.45. The van der Waals surface area contributed by atoms with Gasteiger partial charge in [0.1, 0.15) is 17.7 Å². The topological polar surface area (TPSA) is 111 Å². The Bertz CT molecular complexity index is 1030. The maximum absolute atomic E-state index is 13.6. The lowest BCUT2D eigenvalue weighted by Gasteiger charge is -2.25. The second-order valence-corrected chi connectivity index (χ2v) is 10.1. The van der Waals surface area contributed by atoms with Crippen LogP contribution in [0.5, 0.6) is 0 Å². The van der Waals surface area contributed by atoms with Crippen molar-refractivity contribution in [1.29, 1.82) is 0 Å². The van der Waals surface area contributed by atoms with Crippen LogP contribution in [0, 0.1) is 11.6 Å². The lowest BCUT2D eigenvalue weighted by atomic mass is 10.0. The Morgan fingerprint density at radius 1 is 1.09 bits per heavy atom. The fraction of sp³-hybridized carbons (Fsp3) is 0.458. The highest BCUT2D eigenvalue weighted by Crippen LogP contribution is 2.13. The number of ether oxygens (including phenoxy) is 1. The predicted molar refractivity (Wildman–Crippen MR) is 128 cm³/mol. The van der Waals surface area contributed by atoms with Crippen LogP contribution in [0.25, 0.3) is 0 Å². The number of nitrogens with two attached hydrogens (primary N) is 1. The number of carbonyl (C=O) groups excluding carboxylic acids is 1. The van der Waals surface area contributed by atoms with Crippen LogP contribution in [-0.2, 0) is 38.9 Å². The smallest absolute Gasteiger partial charge is 0.306 e. The van der Waals surface area contributed by atoms with Crippen molar-refractivity contribution >= 4 is 16.0 Å². The molecule has 2 atom stereocenters. The van der Waals surface area contributed by atoms with Gasteiger partial charge in [-0.2, -0.15) is 0 Å². The molecular weight excluding hydrogens is 464 g/mol. The van der Waals surface area contributed by atoms with Gasteiger partial charge in [-0.15, -0.1) is 0 Å². The van der Waals surface area contributed by atoms with Crippen LogP contribution in [0.15, 0.2) is 42.5 Å². The van der Waals surface area contributed by atoms with E-state index >= 15 is 0 Å². The second kappa shape index (κ2) is 13.5. The molecule has 0 fully saturated rings. The zero-order valence-corrected chi connectivity index (χ0v) is 20.3. The molecule has 188 valence electrons. The molecule has 4 N–H and O–H groups in total. The Morgan fingerprint density at radius 2 is 1.76 bits per heavy atom. The normalized spacial score (nSPS) is 13.4. The molecule has 2 rings (SSSR count). The molecular formula is C24H33F2N3O4S. The van der Waals surface area contributed by atoms with Crippen molar-refractivity contribution in [2.45, 2.75) is 51.3 Å². The Hall–Kier alpha value is -2.40. The summed E-state index contributed by atoms with van der Waals surface area (Å²) in [5.74, 6) is -1.94. The average Bonchev–Trinajstić information content (AvgIpc) is 2.75. The third-order valence-corrected chi connectivity index (χ3v) is 5.88. The van der Waals surface area contributed by atoms with E-state index in [9.17, 15) is 22.0 Å². The molecule has 0 radical (unpaired) electrons. The van der Waals surface area contributed by atoms with Crippen LogP contribution in [0.1, 0.15) is 36.5 Å². The van der Waals surface area contributed by atoms with Crippen molar-refractivity contribution in [2.75, 3.05) is 19.3 Å². The summed E-state index contributed by atoms with van der Waals surface area (Å²) in [7, 11) is -3.34. The third-order valence-electron chi connectivity index (χ3n) is 5.15. The molecule has 0 saturated carbocycles. The number of hydrogen-bond acceptors (Lipinski definition) is 6. The van der Waals surface area contributed by atoms with Crippen LogP contribution in [0.2, 0.25) is 0 Å². The van der Waals surface area contributed by atoms with Gasteiger partial charge in [0.05, 0.1) is 6.26 Å². The van der Waals surface area contributed by atoms with Crippen molar-refractivity contribution in [2.24, 2.45) is 5.73 Å². The molecule has 0 aliphatic heterocycles. The number of rotatable bonds is 14. The largest absolute Gasteiger partial charge is 0.459 e.